The van der Waals surface area contributed by atoms with E-state index in [0.717, 1.165) is 19.5 Å². The first kappa shape index (κ1) is 23.2. The average molecular weight is 489 g/mol. The van der Waals surface area contributed by atoms with Crippen molar-refractivity contribution < 1.29 is 23.9 Å². The van der Waals surface area contributed by atoms with Gasteiger partial charge in [-0.3, -0.25) is 19.4 Å². The van der Waals surface area contributed by atoms with Crippen LogP contribution < -0.4 is 14.8 Å². The van der Waals surface area contributed by atoms with Crippen LogP contribution in [-0.2, 0) is 4.79 Å². The molecule has 5 rings (SSSR count). The highest BCUT2D eigenvalue weighted by Gasteiger charge is 2.31. The van der Waals surface area contributed by atoms with Crippen LogP contribution in [0.25, 0.3) is 0 Å². The summed E-state index contributed by atoms with van der Waals surface area (Å²) in [6.07, 6.45) is 6.75. The van der Waals surface area contributed by atoms with Gasteiger partial charge in [0.2, 0.25) is 0 Å². The summed E-state index contributed by atoms with van der Waals surface area (Å²) in [6, 6.07) is 7.93. The summed E-state index contributed by atoms with van der Waals surface area (Å²) in [5, 5.41) is 2.67. The lowest BCUT2D eigenvalue weighted by atomic mass is 10.1. The van der Waals surface area contributed by atoms with E-state index in [2.05, 4.69) is 20.3 Å². The fourth-order valence-electron chi connectivity index (χ4n) is 3.83. The molecule has 0 saturated carbocycles. The van der Waals surface area contributed by atoms with Crippen LogP contribution in [0.3, 0.4) is 0 Å². The Morgan fingerprint density at radius 1 is 1.00 bits per heavy atom. The van der Waals surface area contributed by atoms with Gasteiger partial charge in [-0.25, -0.2) is 9.97 Å². The number of aromatic nitrogens is 3. The first-order chi connectivity index (χ1) is 17.5. The van der Waals surface area contributed by atoms with Gasteiger partial charge in [0.25, 0.3) is 17.7 Å². The van der Waals surface area contributed by atoms with Crippen LogP contribution in [-0.4, -0.2) is 75.3 Å². The van der Waals surface area contributed by atoms with Gasteiger partial charge in [-0.05, 0) is 30.7 Å². The molecule has 36 heavy (non-hydrogen) atoms. The minimum atomic E-state index is -0.644. The second kappa shape index (κ2) is 9.98. The molecule has 11 heteroatoms. The smallest absolute Gasteiger partial charge is 0.272 e. The Morgan fingerprint density at radius 3 is 2.47 bits per heavy atom. The summed E-state index contributed by atoms with van der Waals surface area (Å²) in [4.78, 5) is 53.2. The van der Waals surface area contributed by atoms with Gasteiger partial charge in [0.1, 0.15) is 22.9 Å². The molecule has 2 fully saturated rings. The molecule has 2 aliphatic heterocycles. The van der Waals surface area contributed by atoms with E-state index in [0.29, 0.717) is 35.9 Å². The highest BCUT2D eigenvalue weighted by Crippen LogP contribution is 2.30. The molecule has 0 bridgehead atoms. The number of ether oxygens (including phenoxy) is 2. The number of pyridine rings is 1. The second-order valence-corrected chi connectivity index (χ2v) is 8.52. The number of nitrogens with one attached hydrogen (secondary N) is 1. The van der Waals surface area contributed by atoms with Crippen molar-refractivity contribution in [3.05, 3.63) is 66.4 Å². The zero-order valence-electron chi connectivity index (χ0n) is 19.6. The molecule has 0 aliphatic carbocycles. The van der Waals surface area contributed by atoms with Gasteiger partial charge in [-0.2, -0.15) is 0 Å². The summed E-state index contributed by atoms with van der Waals surface area (Å²) in [5.74, 6) is 0.590. The number of benzene rings is 1. The lowest BCUT2D eigenvalue weighted by Gasteiger charge is -2.30. The molecule has 4 heterocycles. The number of amides is 3. The molecule has 184 valence electrons. The first-order valence-electron chi connectivity index (χ1n) is 11.5. The fraction of sp³-hybridized carbons (Fsp3) is 0.280. The van der Waals surface area contributed by atoms with Crippen molar-refractivity contribution in [2.45, 2.75) is 18.9 Å². The first-order valence-corrected chi connectivity index (χ1v) is 11.5. The van der Waals surface area contributed by atoms with Crippen molar-refractivity contribution in [2.75, 3.05) is 32.0 Å². The number of hydrogen-bond donors (Lipinski definition) is 1. The summed E-state index contributed by atoms with van der Waals surface area (Å²) in [7, 11) is 1.72. The Labute approximate surface area is 207 Å². The molecule has 0 radical (unpaired) electrons. The number of hydrogen-bond acceptors (Lipinski definition) is 8. The third-order valence-electron chi connectivity index (χ3n) is 5.94. The van der Waals surface area contributed by atoms with E-state index in [4.69, 9.17) is 9.47 Å². The molecule has 0 unspecified atom stereocenters. The Hall–Kier alpha value is -4.54. The van der Waals surface area contributed by atoms with Crippen LogP contribution in [0.4, 0.5) is 5.82 Å². The molecular weight excluding hydrogens is 464 g/mol. The minimum absolute atomic E-state index is 0.114. The van der Waals surface area contributed by atoms with Crippen LogP contribution >= 0.6 is 0 Å². The standard InChI is InChI=1S/C25H24N6O5/c1-30-10-5-21(25(30)34)36-19-12-16(23(32)29-22-15-26-6-7-27-22)11-18(13-19)35-17-3-4-20(28-14-17)24(33)31-8-2-9-31/h3-4,6-7,11-15,21H,2,5,8-10H2,1H3,(H,27,29,32)/t21-/m0/s1. The predicted octanol–water partition coefficient (Wildman–Crippen LogP) is 2.37. The third kappa shape index (κ3) is 5.09. The van der Waals surface area contributed by atoms with Crippen molar-refractivity contribution in [2.24, 2.45) is 0 Å². The molecule has 2 saturated heterocycles. The number of likely N-dealkylation sites (tertiary alicyclic amines) is 2. The Bertz CT molecular complexity index is 1280. The minimum Gasteiger partial charge on any atom is -0.480 e. The summed E-state index contributed by atoms with van der Waals surface area (Å²) in [5.41, 5.74) is 0.580. The Balaban J connectivity index is 1.37. The van der Waals surface area contributed by atoms with Crippen LogP contribution in [0, 0.1) is 0 Å². The van der Waals surface area contributed by atoms with Crippen molar-refractivity contribution in [1.29, 1.82) is 0 Å². The van der Waals surface area contributed by atoms with E-state index < -0.39 is 12.0 Å². The third-order valence-corrected chi connectivity index (χ3v) is 5.94. The normalized spacial score (nSPS) is 16.9. The number of carbonyl (C=O) groups excluding carboxylic acids is 3. The van der Waals surface area contributed by atoms with Gasteiger partial charge in [0.15, 0.2) is 11.9 Å². The van der Waals surface area contributed by atoms with Crippen LogP contribution in [0.2, 0.25) is 0 Å². The van der Waals surface area contributed by atoms with Gasteiger partial charge in [0.05, 0.1) is 12.4 Å². The SMILES string of the molecule is CN1CC[C@H](Oc2cc(Oc3ccc(C(=O)N4CCC4)nc3)cc(C(=O)Nc3cnccn3)c2)C1=O. The fourth-order valence-corrected chi connectivity index (χ4v) is 3.83. The number of anilines is 1. The quantitative estimate of drug-likeness (QED) is 0.537. The molecule has 2 aromatic heterocycles. The number of rotatable bonds is 7. The monoisotopic (exact) mass is 488 g/mol. The average Bonchev–Trinajstić information content (AvgIpc) is 3.16. The molecule has 3 amide bonds. The van der Waals surface area contributed by atoms with E-state index in [9.17, 15) is 14.4 Å². The molecule has 0 spiro atoms. The number of nitrogens with zero attached hydrogens (tertiary/aromatic N) is 5. The maximum atomic E-state index is 12.9. The Morgan fingerprint density at radius 2 is 1.83 bits per heavy atom. The van der Waals surface area contributed by atoms with Crippen molar-refractivity contribution in [1.82, 2.24) is 24.8 Å². The van der Waals surface area contributed by atoms with E-state index in [1.165, 1.54) is 30.9 Å². The number of carbonyl (C=O) groups is 3. The van der Waals surface area contributed by atoms with E-state index in [-0.39, 0.29) is 23.2 Å². The zero-order valence-corrected chi connectivity index (χ0v) is 19.6. The van der Waals surface area contributed by atoms with Crippen LogP contribution in [0.5, 0.6) is 17.2 Å². The summed E-state index contributed by atoms with van der Waals surface area (Å²) >= 11 is 0. The van der Waals surface area contributed by atoms with Gasteiger partial charge < -0.3 is 24.6 Å². The highest BCUT2D eigenvalue weighted by molar-refractivity contribution is 6.04. The maximum Gasteiger partial charge on any atom is 0.272 e. The largest absolute Gasteiger partial charge is 0.480 e. The van der Waals surface area contributed by atoms with Gasteiger partial charge >= 0.3 is 0 Å². The van der Waals surface area contributed by atoms with E-state index >= 15 is 0 Å². The molecule has 1 N–H and O–H groups in total. The van der Waals surface area contributed by atoms with Crippen LogP contribution in [0.15, 0.2) is 55.1 Å². The van der Waals surface area contributed by atoms with E-state index in [1.54, 1.807) is 41.1 Å². The molecule has 1 atom stereocenters. The predicted molar refractivity (Wildman–Crippen MR) is 128 cm³/mol. The molecule has 2 aliphatic rings. The lowest BCUT2D eigenvalue weighted by molar-refractivity contribution is -0.132. The lowest BCUT2D eigenvalue weighted by Crippen LogP contribution is -2.42. The zero-order chi connectivity index (χ0) is 25.1. The van der Waals surface area contributed by atoms with Crippen molar-refractivity contribution >= 4 is 23.5 Å². The van der Waals surface area contributed by atoms with Gasteiger partial charge in [-0.15, -0.1) is 0 Å². The van der Waals surface area contributed by atoms with E-state index in [1.807, 2.05) is 0 Å². The molecule has 3 aromatic rings. The molecular formula is C25H24N6O5. The second-order valence-electron chi connectivity index (χ2n) is 8.52. The Kier molecular flexibility index (Phi) is 6.44. The van der Waals surface area contributed by atoms with Crippen molar-refractivity contribution in [3.63, 3.8) is 0 Å². The van der Waals surface area contributed by atoms with Crippen LogP contribution in [0.1, 0.15) is 33.7 Å². The molecule has 11 nitrogen and oxygen atoms in total. The summed E-state index contributed by atoms with van der Waals surface area (Å²) < 4.78 is 11.9. The van der Waals surface area contributed by atoms with Gasteiger partial charge in [0, 0.05) is 57.1 Å². The summed E-state index contributed by atoms with van der Waals surface area (Å²) in [6.45, 7) is 2.07. The topological polar surface area (TPSA) is 127 Å². The molecule has 1 aromatic carbocycles. The maximum absolute atomic E-state index is 12.9. The van der Waals surface area contributed by atoms with Crippen molar-refractivity contribution in [3.8, 4) is 17.2 Å². The highest BCUT2D eigenvalue weighted by atomic mass is 16.5. The number of likely N-dealkylation sites (N-methyl/N-ethyl adjacent to an activating group) is 1. The van der Waals surface area contributed by atoms with Gasteiger partial charge in [-0.1, -0.05) is 0 Å².